The van der Waals surface area contributed by atoms with E-state index in [1.807, 2.05) is 25.7 Å². The lowest BCUT2D eigenvalue weighted by Gasteiger charge is -2.28. The Kier molecular flexibility index (Phi) is 5.51. The van der Waals surface area contributed by atoms with Gasteiger partial charge in [-0.3, -0.25) is 0 Å². The van der Waals surface area contributed by atoms with E-state index >= 15 is 0 Å². The Labute approximate surface area is 122 Å². The summed E-state index contributed by atoms with van der Waals surface area (Å²) in [6.07, 6.45) is 4.64. The smallest absolute Gasteiger partial charge is 0.410 e. The molecule has 0 bridgehead atoms. The van der Waals surface area contributed by atoms with Gasteiger partial charge in [-0.05, 0) is 65.0 Å². The van der Waals surface area contributed by atoms with Crippen molar-refractivity contribution in [2.45, 2.75) is 52.1 Å². The van der Waals surface area contributed by atoms with Crippen LogP contribution in [0.2, 0.25) is 0 Å². The van der Waals surface area contributed by atoms with E-state index in [2.05, 4.69) is 5.32 Å². The molecule has 1 amide bonds. The van der Waals surface area contributed by atoms with E-state index in [9.17, 15) is 4.79 Å². The molecule has 4 nitrogen and oxygen atoms in total. The van der Waals surface area contributed by atoms with Gasteiger partial charge in [0, 0.05) is 13.1 Å². The Morgan fingerprint density at radius 3 is 2.63 bits per heavy atom. The van der Waals surface area contributed by atoms with Crippen molar-refractivity contribution in [3.8, 4) is 0 Å². The zero-order chi connectivity index (χ0) is 13.2. The molecule has 2 fully saturated rings. The number of nitrogens with one attached hydrogen (secondary N) is 1. The molecule has 5 heteroatoms. The maximum atomic E-state index is 12.1. The molecule has 1 spiro atoms. The highest BCUT2D eigenvalue weighted by atomic mass is 35.5. The van der Waals surface area contributed by atoms with Crippen LogP contribution < -0.4 is 5.32 Å². The lowest BCUT2D eigenvalue weighted by molar-refractivity contribution is 0.0269. The molecule has 0 aromatic carbocycles. The Bertz CT molecular complexity index is 307. The summed E-state index contributed by atoms with van der Waals surface area (Å²) < 4.78 is 5.46. The van der Waals surface area contributed by atoms with Crippen LogP contribution in [-0.2, 0) is 4.74 Å². The minimum atomic E-state index is -0.391. The highest BCUT2D eigenvalue weighted by Gasteiger charge is 2.40. The fraction of sp³-hybridized carbons (Fsp3) is 0.929. The molecular formula is C14H27ClN2O2. The van der Waals surface area contributed by atoms with E-state index in [0.29, 0.717) is 5.41 Å². The van der Waals surface area contributed by atoms with E-state index in [4.69, 9.17) is 4.74 Å². The van der Waals surface area contributed by atoms with Crippen LogP contribution in [0, 0.1) is 5.41 Å². The second-order valence-electron chi connectivity index (χ2n) is 6.76. The first-order chi connectivity index (χ1) is 8.40. The summed E-state index contributed by atoms with van der Waals surface area (Å²) in [7, 11) is 0. The summed E-state index contributed by atoms with van der Waals surface area (Å²) in [6.45, 7) is 9.71. The minimum absolute atomic E-state index is 0. The standard InChI is InChI=1S/C14H26N2O2.ClH/c1-13(2,3)18-12(17)16-10-7-14(11-16)5-4-8-15-9-6-14;/h15H,4-11H2,1-3H3;1H. The lowest BCUT2D eigenvalue weighted by Crippen LogP contribution is -2.37. The summed E-state index contributed by atoms with van der Waals surface area (Å²) in [5.41, 5.74) is -0.0434. The van der Waals surface area contributed by atoms with E-state index in [1.54, 1.807) is 0 Å². The van der Waals surface area contributed by atoms with Crippen LogP contribution >= 0.6 is 12.4 Å². The van der Waals surface area contributed by atoms with Crippen molar-refractivity contribution in [2.24, 2.45) is 5.41 Å². The molecule has 112 valence electrons. The normalized spacial score (nSPS) is 27.8. The number of likely N-dealkylation sites (tertiary alicyclic amines) is 1. The molecular weight excluding hydrogens is 264 g/mol. The maximum absolute atomic E-state index is 12.1. The average molecular weight is 291 g/mol. The molecule has 2 heterocycles. The summed E-state index contributed by atoms with van der Waals surface area (Å²) >= 11 is 0. The number of hydrogen-bond acceptors (Lipinski definition) is 3. The molecule has 0 aromatic rings. The van der Waals surface area contributed by atoms with Gasteiger partial charge in [-0.15, -0.1) is 12.4 Å². The number of halogens is 1. The summed E-state index contributed by atoms with van der Waals surface area (Å²) in [5, 5.41) is 3.45. The van der Waals surface area contributed by atoms with Gasteiger partial charge in [-0.25, -0.2) is 4.79 Å². The van der Waals surface area contributed by atoms with Crippen LogP contribution in [0.25, 0.3) is 0 Å². The van der Waals surface area contributed by atoms with Crippen molar-refractivity contribution < 1.29 is 9.53 Å². The number of hydrogen-bond donors (Lipinski definition) is 1. The molecule has 19 heavy (non-hydrogen) atoms. The minimum Gasteiger partial charge on any atom is -0.444 e. The SMILES string of the molecule is CC(C)(C)OC(=O)N1CCC2(CCCNCC2)C1.Cl. The van der Waals surface area contributed by atoms with Gasteiger partial charge in [0.15, 0.2) is 0 Å². The van der Waals surface area contributed by atoms with Crippen molar-refractivity contribution in [3.63, 3.8) is 0 Å². The number of carbonyl (C=O) groups excluding carboxylic acids is 1. The highest BCUT2D eigenvalue weighted by molar-refractivity contribution is 5.85. The van der Waals surface area contributed by atoms with E-state index in [1.165, 1.54) is 19.3 Å². The Hall–Kier alpha value is -0.480. The molecule has 2 saturated heterocycles. The Morgan fingerprint density at radius 1 is 1.21 bits per heavy atom. The van der Waals surface area contributed by atoms with E-state index in [0.717, 1.165) is 32.6 Å². The number of amides is 1. The van der Waals surface area contributed by atoms with Crippen LogP contribution in [0.5, 0.6) is 0 Å². The zero-order valence-electron chi connectivity index (χ0n) is 12.3. The predicted octanol–water partition coefficient (Wildman–Crippen LogP) is 2.81. The molecule has 1 unspecified atom stereocenters. The van der Waals surface area contributed by atoms with Gasteiger partial charge >= 0.3 is 6.09 Å². The first kappa shape index (κ1) is 16.6. The van der Waals surface area contributed by atoms with Gasteiger partial charge < -0.3 is 15.0 Å². The van der Waals surface area contributed by atoms with Crippen LogP contribution in [-0.4, -0.2) is 42.8 Å². The molecule has 1 N–H and O–H groups in total. The van der Waals surface area contributed by atoms with Crippen molar-refractivity contribution >= 4 is 18.5 Å². The van der Waals surface area contributed by atoms with Crippen LogP contribution in [0.1, 0.15) is 46.5 Å². The molecule has 0 aromatic heterocycles. The monoisotopic (exact) mass is 290 g/mol. The maximum Gasteiger partial charge on any atom is 0.410 e. The first-order valence-corrected chi connectivity index (χ1v) is 7.09. The van der Waals surface area contributed by atoms with Gasteiger partial charge in [0.2, 0.25) is 0 Å². The summed E-state index contributed by atoms with van der Waals surface area (Å²) in [4.78, 5) is 14.0. The molecule has 2 rings (SSSR count). The molecule has 2 aliphatic heterocycles. The van der Waals surface area contributed by atoms with Crippen molar-refractivity contribution in [3.05, 3.63) is 0 Å². The molecule has 0 radical (unpaired) electrons. The van der Waals surface area contributed by atoms with Gasteiger partial charge in [-0.1, -0.05) is 0 Å². The van der Waals surface area contributed by atoms with Crippen LogP contribution in [0.3, 0.4) is 0 Å². The molecule has 1 atom stereocenters. The largest absolute Gasteiger partial charge is 0.444 e. The van der Waals surface area contributed by atoms with Gasteiger partial charge in [0.25, 0.3) is 0 Å². The predicted molar refractivity (Wildman–Crippen MR) is 78.8 cm³/mol. The lowest BCUT2D eigenvalue weighted by atomic mass is 9.80. The second-order valence-corrected chi connectivity index (χ2v) is 6.76. The third-order valence-electron chi connectivity index (χ3n) is 3.98. The number of nitrogens with zero attached hydrogens (tertiary/aromatic N) is 1. The highest BCUT2D eigenvalue weighted by Crippen LogP contribution is 2.39. The van der Waals surface area contributed by atoms with Crippen LogP contribution in [0.4, 0.5) is 4.79 Å². The quantitative estimate of drug-likeness (QED) is 0.746. The van der Waals surface area contributed by atoms with Crippen molar-refractivity contribution in [1.82, 2.24) is 10.2 Å². The molecule has 2 aliphatic rings. The van der Waals surface area contributed by atoms with Gasteiger partial charge in [0.05, 0.1) is 0 Å². The van der Waals surface area contributed by atoms with Crippen molar-refractivity contribution in [2.75, 3.05) is 26.2 Å². The second kappa shape index (κ2) is 6.31. The fourth-order valence-corrected chi connectivity index (χ4v) is 3.02. The molecule has 0 aliphatic carbocycles. The topological polar surface area (TPSA) is 41.6 Å². The Balaban J connectivity index is 0.00000180. The third kappa shape index (κ3) is 4.53. The van der Waals surface area contributed by atoms with E-state index < -0.39 is 5.60 Å². The van der Waals surface area contributed by atoms with Crippen molar-refractivity contribution in [1.29, 1.82) is 0 Å². The van der Waals surface area contributed by atoms with Crippen LogP contribution in [0.15, 0.2) is 0 Å². The van der Waals surface area contributed by atoms with Gasteiger partial charge in [-0.2, -0.15) is 0 Å². The molecule has 0 saturated carbocycles. The number of carbonyl (C=O) groups is 1. The average Bonchev–Trinajstić information content (AvgIpc) is 2.51. The number of rotatable bonds is 0. The summed E-state index contributed by atoms with van der Waals surface area (Å²) in [5.74, 6) is 0. The zero-order valence-corrected chi connectivity index (χ0v) is 13.1. The Morgan fingerprint density at radius 2 is 1.95 bits per heavy atom. The summed E-state index contributed by atoms with van der Waals surface area (Å²) in [6, 6.07) is 0. The van der Waals surface area contributed by atoms with E-state index in [-0.39, 0.29) is 18.5 Å². The number of ether oxygens (including phenoxy) is 1. The fourth-order valence-electron chi connectivity index (χ4n) is 3.02. The third-order valence-corrected chi connectivity index (χ3v) is 3.98. The van der Waals surface area contributed by atoms with Gasteiger partial charge in [0.1, 0.15) is 5.60 Å². The first-order valence-electron chi connectivity index (χ1n) is 7.09.